The molecule has 1 N–H and O–H groups in total. The van der Waals surface area contributed by atoms with Gasteiger partial charge in [0.25, 0.3) is 5.69 Å². The summed E-state index contributed by atoms with van der Waals surface area (Å²) in [4.78, 5) is 25.0. The molecule has 0 aliphatic heterocycles. The van der Waals surface area contributed by atoms with Gasteiger partial charge < -0.3 is 10.0 Å². The van der Waals surface area contributed by atoms with Gasteiger partial charge >= 0.3 is 5.97 Å². The molecule has 0 unspecified atom stereocenters. The summed E-state index contributed by atoms with van der Waals surface area (Å²) in [6.45, 7) is 1.04. The fraction of sp³-hybridized carbons (Fsp3) is 0.462. The smallest absolute Gasteiger partial charge is 0.317 e. The first-order valence-electron chi connectivity index (χ1n) is 6.32. The molecule has 0 aliphatic rings. The number of likely N-dealkylation sites (N-methyl/N-ethyl adjacent to an activating group) is 1. The Balaban J connectivity index is 2.96. The molecular formula is C13H18ClN3O4. The van der Waals surface area contributed by atoms with Gasteiger partial charge in [0.15, 0.2) is 0 Å². The van der Waals surface area contributed by atoms with Crippen molar-refractivity contribution >= 4 is 23.3 Å². The first-order chi connectivity index (χ1) is 9.81. The van der Waals surface area contributed by atoms with Crippen molar-refractivity contribution in [3.8, 4) is 0 Å². The number of carboxylic acid groups (broad SMARTS) is 1. The lowest BCUT2D eigenvalue weighted by molar-refractivity contribution is -0.385. The Kier molecular flexibility index (Phi) is 6.54. The van der Waals surface area contributed by atoms with Crippen LogP contribution in [0.25, 0.3) is 0 Å². The van der Waals surface area contributed by atoms with E-state index < -0.39 is 10.9 Å². The summed E-state index contributed by atoms with van der Waals surface area (Å²) >= 11 is 6.03. The summed E-state index contributed by atoms with van der Waals surface area (Å²) in [6.07, 6.45) is 0. The van der Waals surface area contributed by atoms with Gasteiger partial charge in [-0.1, -0.05) is 17.7 Å². The number of carboxylic acids is 1. The maximum absolute atomic E-state index is 11.0. The van der Waals surface area contributed by atoms with Crippen LogP contribution in [0.5, 0.6) is 0 Å². The van der Waals surface area contributed by atoms with Crippen molar-refractivity contribution in [1.82, 2.24) is 9.80 Å². The molecule has 116 valence electrons. The largest absolute Gasteiger partial charge is 0.480 e. The van der Waals surface area contributed by atoms with Gasteiger partial charge in [0, 0.05) is 25.7 Å². The van der Waals surface area contributed by atoms with Crippen LogP contribution in [0.2, 0.25) is 5.02 Å². The van der Waals surface area contributed by atoms with Crippen molar-refractivity contribution in [2.24, 2.45) is 0 Å². The van der Waals surface area contributed by atoms with Crippen LogP contribution >= 0.6 is 11.6 Å². The Morgan fingerprint density at radius 3 is 2.57 bits per heavy atom. The van der Waals surface area contributed by atoms with Gasteiger partial charge in [0.1, 0.15) is 0 Å². The molecule has 0 radical (unpaired) electrons. The molecule has 0 amide bonds. The second kappa shape index (κ2) is 7.92. The number of hydrogen-bond donors (Lipinski definition) is 1. The molecule has 8 heteroatoms. The second-order valence-electron chi connectivity index (χ2n) is 4.90. The monoisotopic (exact) mass is 315 g/mol. The number of rotatable bonds is 8. The molecule has 0 atom stereocenters. The highest BCUT2D eigenvalue weighted by molar-refractivity contribution is 6.31. The molecule has 0 spiro atoms. The van der Waals surface area contributed by atoms with E-state index in [4.69, 9.17) is 16.7 Å². The Morgan fingerprint density at radius 1 is 1.38 bits per heavy atom. The van der Waals surface area contributed by atoms with Crippen molar-refractivity contribution in [2.45, 2.75) is 6.54 Å². The van der Waals surface area contributed by atoms with Crippen LogP contribution in [0.3, 0.4) is 0 Å². The topological polar surface area (TPSA) is 86.9 Å². The summed E-state index contributed by atoms with van der Waals surface area (Å²) in [5.74, 6) is -0.983. The summed E-state index contributed by atoms with van der Waals surface area (Å²) in [6, 6.07) is 4.44. The third kappa shape index (κ3) is 5.66. The number of benzene rings is 1. The van der Waals surface area contributed by atoms with E-state index in [0.717, 1.165) is 0 Å². The van der Waals surface area contributed by atoms with Crippen LogP contribution in [0.1, 0.15) is 5.56 Å². The van der Waals surface area contributed by atoms with Gasteiger partial charge in [-0.3, -0.25) is 19.8 Å². The molecule has 0 saturated heterocycles. The average molecular weight is 316 g/mol. The zero-order chi connectivity index (χ0) is 16.0. The Hall–Kier alpha value is -1.70. The predicted octanol–water partition coefficient (Wildman–Crippen LogP) is 1.70. The molecule has 21 heavy (non-hydrogen) atoms. The van der Waals surface area contributed by atoms with Crippen LogP contribution in [0, 0.1) is 10.1 Å². The van der Waals surface area contributed by atoms with E-state index in [2.05, 4.69) is 0 Å². The summed E-state index contributed by atoms with van der Waals surface area (Å²) in [7, 11) is 3.74. The number of hydrogen-bond acceptors (Lipinski definition) is 5. The molecule has 0 fully saturated rings. The molecule has 0 saturated carbocycles. The number of carbonyl (C=O) groups is 1. The second-order valence-corrected chi connectivity index (χ2v) is 5.31. The fourth-order valence-electron chi connectivity index (χ4n) is 1.85. The maximum Gasteiger partial charge on any atom is 0.317 e. The van der Waals surface area contributed by atoms with Crippen molar-refractivity contribution in [1.29, 1.82) is 0 Å². The van der Waals surface area contributed by atoms with Gasteiger partial charge in [-0.05, 0) is 20.2 Å². The molecule has 0 bridgehead atoms. The van der Waals surface area contributed by atoms with Crippen molar-refractivity contribution < 1.29 is 14.8 Å². The number of aliphatic carboxylic acids is 1. The average Bonchev–Trinajstić information content (AvgIpc) is 2.37. The lowest BCUT2D eigenvalue weighted by Gasteiger charge is -2.22. The van der Waals surface area contributed by atoms with E-state index in [1.807, 2.05) is 19.0 Å². The van der Waals surface area contributed by atoms with Crippen LogP contribution in [-0.2, 0) is 11.3 Å². The van der Waals surface area contributed by atoms with Gasteiger partial charge in [0.05, 0.1) is 22.1 Å². The standard InChI is InChI=1S/C13H18ClN3O4/c1-15(2)6-7-16(9-13(18)19)8-10-11(14)4-3-5-12(10)17(20)21/h3-5H,6-9H2,1-2H3,(H,18,19). The zero-order valence-corrected chi connectivity index (χ0v) is 12.7. The summed E-state index contributed by atoms with van der Waals surface area (Å²) in [5, 5.41) is 20.3. The lowest BCUT2D eigenvalue weighted by Crippen LogP contribution is -2.35. The normalized spacial score (nSPS) is 11.1. The highest BCUT2D eigenvalue weighted by atomic mass is 35.5. The zero-order valence-electron chi connectivity index (χ0n) is 12.0. The third-order valence-corrected chi connectivity index (χ3v) is 3.25. The Bertz CT molecular complexity index is 522. The van der Waals surface area contributed by atoms with Gasteiger partial charge in [-0.25, -0.2) is 0 Å². The minimum Gasteiger partial charge on any atom is -0.480 e. The molecule has 0 aromatic heterocycles. The SMILES string of the molecule is CN(C)CCN(CC(=O)O)Cc1c(Cl)cccc1[N+](=O)[O-]. The summed E-state index contributed by atoms with van der Waals surface area (Å²) in [5.41, 5.74) is 0.243. The highest BCUT2D eigenvalue weighted by Gasteiger charge is 2.20. The number of nitro benzene ring substituents is 1. The van der Waals surface area contributed by atoms with Crippen molar-refractivity contribution in [3.05, 3.63) is 38.9 Å². The van der Waals surface area contributed by atoms with Gasteiger partial charge in [-0.2, -0.15) is 0 Å². The Labute approximate surface area is 127 Å². The molecular weight excluding hydrogens is 298 g/mol. The van der Waals surface area contributed by atoms with Gasteiger partial charge in [-0.15, -0.1) is 0 Å². The molecule has 0 aliphatic carbocycles. The van der Waals surface area contributed by atoms with E-state index in [0.29, 0.717) is 18.7 Å². The fourth-order valence-corrected chi connectivity index (χ4v) is 2.07. The lowest BCUT2D eigenvalue weighted by atomic mass is 10.1. The molecule has 0 heterocycles. The first-order valence-corrected chi connectivity index (χ1v) is 6.69. The molecule has 1 aromatic rings. The third-order valence-electron chi connectivity index (χ3n) is 2.89. The number of nitro groups is 1. The quantitative estimate of drug-likeness (QED) is 0.580. The first kappa shape index (κ1) is 17.4. The molecule has 7 nitrogen and oxygen atoms in total. The minimum atomic E-state index is -0.983. The maximum atomic E-state index is 11.0. The minimum absolute atomic E-state index is 0.0947. The predicted molar refractivity (Wildman–Crippen MR) is 79.6 cm³/mol. The summed E-state index contributed by atoms with van der Waals surface area (Å²) < 4.78 is 0. The van der Waals surface area contributed by atoms with Gasteiger partial charge in [0.2, 0.25) is 0 Å². The van der Waals surface area contributed by atoms with Crippen molar-refractivity contribution in [2.75, 3.05) is 33.7 Å². The number of nitrogens with zero attached hydrogens (tertiary/aromatic N) is 3. The molecule has 1 rings (SSSR count). The van der Waals surface area contributed by atoms with Crippen LogP contribution < -0.4 is 0 Å². The Morgan fingerprint density at radius 2 is 2.05 bits per heavy atom. The highest BCUT2D eigenvalue weighted by Crippen LogP contribution is 2.27. The van der Waals surface area contributed by atoms with Crippen molar-refractivity contribution in [3.63, 3.8) is 0 Å². The van der Waals surface area contributed by atoms with E-state index in [9.17, 15) is 14.9 Å². The molecule has 1 aromatic carbocycles. The van der Waals surface area contributed by atoms with E-state index in [1.54, 1.807) is 11.0 Å². The van der Waals surface area contributed by atoms with Crippen LogP contribution in [-0.4, -0.2) is 59.5 Å². The van der Waals surface area contributed by atoms with E-state index >= 15 is 0 Å². The van der Waals surface area contributed by atoms with Crippen LogP contribution in [0.15, 0.2) is 18.2 Å². The van der Waals surface area contributed by atoms with E-state index in [1.165, 1.54) is 12.1 Å². The number of halogens is 1. The van der Waals surface area contributed by atoms with E-state index in [-0.39, 0.29) is 23.8 Å². The van der Waals surface area contributed by atoms with Crippen LogP contribution in [0.4, 0.5) is 5.69 Å².